The normalized spacial score (nSPS) is 11.7. The molecule has 0 unspecified atom stereocenters. The average Bonchev–Trinajstić information content (AvgIpc) is 3.00. The highest BCUT2D eigenvalue weighted by molar-refractivity contribution is 7.11. The molecule has 0 radical (unpaired) electrons. The van der Waals surface area contributed by atoms with E-state index in [1.807, 2.05) is 48.7 Å². The van der Waals surface area contributed by atoms with Crippen LogP contribution in [0.4, 0.5) is 4.39 Å². The van der Waals surface area contributed by atoms with E-state index in [1.165, 1.54) is 17.4 Å². The van der Waals surface area contributed by atoms with Gasteiger partial charge in [0.1, 0.15) is 0 Å². The maximum absolute atomic E-state index is 14.4. The number of aryl methyl sites for hydroxylation is 1. The van der Waals surface area contributed by atoms with Crippen LogP contribution < -0.4 is 0 Å². The van der Waals surface area contributed by atoms with Crippen molar-refractivity contribution < 1.29 is 4.39 Å². The standard InChI is InChI=1S/C18H13ClFNS/c1-12-4-2-3-5-14(12)10-16(20)18-21-17(11-22-18)13-6-8-15(19)9-7-13/h2-11H,1H3. The first-order valence-electron chi connectivity index (χ1n) is 6.78. The van der Waals surface area contributed by atoms with Gasteiger partial charge in [0.15, 0.2) is 10.8 Å². The van der Waals surface area contributed by atoms with Crippen molar-refractivity contribution in [3.8, 4) is 11.3 Å². The van der Waals surface area contributed by atoms with E-state index < -0.39 is 0 Å². The Bertz CT molecular complexity index is 821. The Morgan fingerprint density at radius 1 is 1.14 bits per heavy atom. The lowest BCUT2D eigenvalue weighted by molar-refractivity contribution is 0.763. The van der Waals surface area contributed by atoms with Crippen molar-refractivity contribution in [1.82, 2.24) is 4.98 Å². The molecule has 0 aliphatic rings. The largest absolute Gasteiger partial charge is 0.234 e. The van der Waals surface area contributed by atoms with Crippen molar-refractivity contribution in [3.63, 3.8) is 0 Å². The Morgan fingerprint density at radius 2 is 1.86 bits per heavy atom. The van der Waals surface area contributed by atoms with E-state index in [-0.39, 0.29) is 5.83 Å². The van der Waals surface area contributed by atoms with Gasteiger partial charge in [0.05, 0.1) is 5.69 Å². The smallest absolute Gasteiger partial charge is 0.159 e. The summed E-state index contributed by atoms with van der Waals surface area (Å²) in [5.41, 5.74) is 3.58. The molecule has 0 fully saturated rings. The summed E-state index contributed by atoms with van der Waals surface area (Å²) < 4.78 is 14.4. The molecular weight excluding hydrogens is 317 g/mol. The van der Waals surface area contributed by atoms with Crippen LogP contribution in [0.1, 0.15) is 16.1 Å². The third kappa shape index (κ3) is 3.26. The summed E-state index contributed by atoms with van der Waals surface area (Å²) in [6, 6.07) is 15.0. The molecule has 22 heavy (non-hydrogen) atoms. The van der Waals surface area contributed by atoms with Gasteiger partial charge in [-0.05, 0) is 36.3 Å². The molecule has 0 amide bonds. The molecule has 3 rings (SSSR count). The molecule has 0 saturated heterocycles. The van der Waals surface area contributed by atoms with Gasteiger partial charge >= 0.3 is 0 Å². The summed E-state index contributed by atoms with van der Waals surface area (Å²) in [7, 11) is 0. The molecule has 0 N–H and O–H groups in total. The molecule has 1 aromatic heterocycles. The fourth-order valence-electron chi connectivity index (χ4n) is 2.08. The van der Waals surface area contributed by atoms with E-state index in [2.05, 4.69) is 4.98 Å². The second-order valence-corrected chi connectivity index (χ2v) is 6.19. The highest BCUT2D eigenvalue weighted by Gasteiger charge is 2.09. The van der Waals surface area contributed by atoms with Crippen LogP contribution in [0, 0.1) is 6.92 Å². The molecule has 2 aromatic carbocycles. The van der Waals surface area contributed by atoms with Crippen molar-refractivity contribution >= 4 is 34.8 Å². The Kier molecular flexibility index (Phi) is 4.36. The van der Waals surface area contributed by atoms with E-state index in [9.17, 15) is 4.39 Å². The first-order chi connectivity index (χ1) is 10.6. The first kappa shape index (κ1) is 14.9. The lowest BCUT2D eigenvalue weighted by atomic mass is 10.1. The maximum Gasteiger partial charge on any atom is 0.159 e. The summed E-state index contributed by atoms with van der Waals surface area (Å²) in [6.07, 6.45) is 1.53. The minimum atomic E-state index is -0.320. The highest BCUT2D eigenvalue weighted by Crippen LogP contribution is 2.29. The lowest BCUT2D eigenvalue weighted by Crippen LogP contribution is -1.82. The van der Waals surface area contributed by atoms with Crippen LogP contribution in [0.2, 0.25) is 5.02 Å². The minimum Gasteiger partial charge on any atom is -0.234 e. The summed E-state index contributed by atoms with van der Waals surface area (Å²) >= 11 is 7.17. The topological polar surface area (TPSA) is 12.9 Å². The van der Waals surface area contributed by atoms with Crippen LogP contribution in [-0.2, 0) is 0 Å². The number of hydrogen-bond donors (Lipinski definition) is 0. The molecule has 4 heteroatoms. The van der Waals surface area contributed by atoms with E-state index in [0.717, 1.165) is 22.4 Å². The van der Waals surface area contributed by atoms with E-state index >= 15 is 0 Å². The number of hydrogen-bond acceptors (Lipinski definition) is 2. The molecule has 0 bridgehead atoms. The van der Waals surface area contributed by atoms with Crippen LogP contribution in [0.25, 0.3) is 23.2 Å². The molecule has 0 saturated carbocycles. The Labute approximate surface area is 137 Å². The number of aromatic nitrogens is 1. The molecule has 1 nitrogen and oxygen atoms in total. The number of rotatable bonds is 3. The van der Waals surface area contributed by atoms with Crippen LogP contribution >= 0.6 is 22.9 Å². The van der Waals surface area contributed by atoms with Gasteiger partial charge in [0, 0.05) is 16.0 Å². The summed E-state index contributed by atoms with van der Waals surface area (Å²) in [4.78, 5) is 4.37. The van der Waals surface area contributed by atoms with Gasteiger partial charge in [-0.25, -0.2) is 9.37 Å². The van der Waals surface area contributed by atoms with E-state index in [4.69, 9.17) is 11.6 Å². The van der Waals surface area contributed by atoms with Crippen LogP contribution in [0.15, 0.2) is 53.9 Å². The fourth-order valence-corrected chi connectivity index (χ4v) is 2.94. The zero-order chi connectivity index (χ0) is 15.5. The van der Waals surface area contributed by atoms with Crippen molar-refractivity contribution in [3.05, 3.63) is 75.1 Å². The SMILES string of the molecule is Cc1ccccc1C=C(F)c1nc(-c2ccc(Cl)cc2)cs1. The Morgan fingerprint density at radius 3 is 2.59 bits per heavy atom. The number of thiazole rings is 1. The van der Waals surface area contributed by atoms with Gasteiger partial charge in [-0.15, -0.1) is 11.3 Å². The molecule has 3 aromatic rings. The quantitative estimate of drug-likeness (QED) is 0.554. The third-order valence-electron chi connectivity index (χ3n) is 3.32. The van der Waals surface area contributed by atoms with Crippen molar-refractivity contribution in [1.29, 1.82) is 0 Å². The highest BCUT2D eigenvalue weighted by atomic mass is 35.5. The van der Waals surface area contributed by atoms with E-state index in [0.29, 0.717) is 10.0 Å². The average molecular weight is 330 g/mol. The lowest BCUT2D eigenvalue weighted by Gasteiger charge is -1.99. The number of benzene rings is 2. The van der Waals surface area contributed by atoms with Gasteiger partial charge in [-0.2, -0.15) is 0 Å². The molecule has 0 aliphatic heterocycles. The number of halogens is 2. The Hall–Kier alpha value is -1.97. The van der Waals surface area contributed by atoms with Gasteiger partial charge in [-0.1, -0.05) is 48.0 Å². The number of nitrogens with zero attached hydrogens (tertiary/aromatic N) is 1. The van der Waals surface area contributed by atoms with Gasteiger partial charge in [-0.3, -0.25) is 0 Å². The van der Waals surface area contributed by atoms with Crippen molar-refractivity contribution in [2.24, 2.45) is 0 Å². The van der Waals surface area contributed by atoms with Gasteiger partial charge < -0.3 is 0 Å². The molecule has 0 aliphatic carbocycles. The zero-order valence-corrected chi connectivity index (χ0v) is 13.5. The van der Waals surface area contributed by atoms with Crippen molar-refractivity contribution in [2.75, 3.05) is 0 Å². The zero-order valence-electron chi connectivity index (χ0n) is 11.9. The van der Waals surface area contributed by atoms with Crippen LogP contribution in [-0.4, -0.2) is 4.98 Å². The summed E-state index contributed by atoms with van der Waals surface area (Å²) in [5, 5.41) is 2.90. The molecular formula is C18H13ClFNS. The third-order valence-corrected chi connectivity index (χ3v) is 4.42. The summed E-state index contributed by atoms with van der Waals surface area (Å²) in [6.45, 7) is 1.96. The first-order valence-corrected chi connectivity index (χ1v) is 8.04. The van der Waals surface area contributed by atoms with Crippen LogP contribution in [0.5, 0.6) is 0 Å². The second-order valence-electron chi connectivity index (χ2n) is 4.89. The van der Waals surface area contributed by atoms with Gasteiger partial charge in [0.2, 0.25) is 0 Å². The Balaban J connectivity index is 1.90. The van der Waals surface area contributed by atoms with E-state index in [1.54, 1.807) is 12.1 Å². The van der Waals surface area contributed by atoms with Gasteiger partial charge in [0.25, 0.3) is 0 Å². The molecule has 0 spiro atoms. The fraction of sp³-hybridized carbons (Fsp3) is 0.0556. The summed E-state index contributed by atoms with van der Waals surface area (Å²) in [5.74, 6) is -0.320. The molecule has 0 atom stereocenters. The predicted octanol–water partition coefficient (Wildman–Crippen LogP) is 6.24. The van der Waals surface area contributed by atoms with Crippen molar-refractivity contribution in [2.45, 2.75) is 6.92 Å². The molecule has 110 valence electrons. The van der Waals surface area contributed by atoms with Crippen LogP contribution in [0.3, 0.4) is 0 Å². The molecule has 1 heterocycles. The second kappa shape index (κ2) is 6.42. The minimum absolute atomic E-state index is 0.320. The maximum atomic E-state index is 14.4. The predicted molar refractivity (Wildman–Crippen MR) is 92.7 cm³/mol. The monoisotopic (exact) mass is 329 g/mol.